The quantitative estimate of drug-likeness (QED) is 0.156. The average molecular weight is 716 g/mol. The Kier molecular flexibility index (Phi) is 8.55. The number of para-hydroxylation sites is 1. The van der Waals surface area contributed by atoms with Crippen LogP contribution in [0, 0.1) is 0 Å². The molecule has 0 aliphatic rings. The molecular weight excluding hydrogens is 679 g/mol. The summed E-state index contributed by atoms with van der Waals surface area (Å²) in [6, 6.07) is 80.1. The summed E-state index contributed by atoms with van der Waals surface area (Å²) < 4.78 is 6.47. The topological polar surface area (TPSA) is 16.4 Å². The molecule has 0 saturated heterocycles. The van der Waals surface area contributed by atoms with Crippen LogP contribution in [-0.2, 0) is 0 Å². The fourth-order valence-corrected chi connectivity index (χ4v) is 7.94. The highest BCUT2D eigenvalue weighted by atomic mass is 16.3. The number of nitrogens with zero attached hydrogens (tertiary/aromatic N) is 1. The van der Waals surface area contributed by atoms with Gasteiger partial charge in [0.1, 0.15) is 11.2 Å². The van der Waals surface area contributed by atoms with Crippen LogP contribution in [0.2, 0.25) is 0 Å². The third kappa shape index (κ3) is 6.24. The number of fused-ring (bicyclic) bond motifs is 3. The van der Waals surface area contributed by atoms with E-state index < -0.39 is 0 Å². The lowest BCUT2D eigenvalue weighted by Crippen LogP contribution is -2.12. The van der Waals surface area contributed by atoms with E-state index in [-0.39, 0.29) is 0 Å². The van der Waals surface area contributed by atoms with Gasteiger partial charge in [-0.1, -0.05) is 176 Å². The van der Waals surface area contributed by atoms with Crippen LogP contribution >= 0.6 is 0 Å². The van der Waals surface area contributed by atoms with Gasteiger partial charge in [-0.3, -0.25) is 0 Å². The van der Waals surface area contributed by atoms with E-state index in [1.54, 1.807) is 0 Å². The number of rotatable bonds is 8. The van der Waals surface area contributed by atoms with Crippen LogP contribution in [0.3, 0.4) is 0 Å². The molecule has 0 radical (unpaired) electrons. The van der Waals surface area contributed by atoms with Gasteiger partial charge in [-0.15, -0.1) is 0 Å². The molecule has 0 N–H and O–H groups in total. The van der Waals surface area contributed by atoms with Crippen LogP contribution < -0.4 is 4.90 Å². The number of hydrogen-bond acceptors (Lipinski definition) is 2. The normalized spacial score (nSPS) is 11.2. The summed E-state index contributed by atoms with van der Waals surface area (Å²) in [6.45, 7) is 0. The number of hydrogen-bond donors (Lipinski definition) is 0. The van der Waals surface area contributed by atoms with Gasteiger partial charge in [0.15, 0.2) is 0 Å². The van der Waals surface area contributed by atoms with E-state index in [2.05, 4.69) is 217 Å². The molecule has 0 unspecified atom stereocenters. The van der Waals surface area contributed by atoms with Crippen molar-refractivity contribution in [3.05, 3.63) is 224 Å². The van der Waals surface area contributed by atoms with Crippen LogP contribution in [0.15, 0.2) is 229 Å². The lowest BCUT2D eigenvalue weighted by molar-refractivity contribution is 0.669. The molecule has 0 fully saturated rings. The maximum atomic E-state index is 6.47. The third-order valence-electron chi connectivity index (χ3n) is 10.7. The Morgan fingerprint density at radius 1 is 0.286 bits per heavy atom. The molecule has 0 saturated carbocycles. The summed E-state index contributed by atoms with van der Waals surface area (Å²) in [5, 5.41) is 2.24. The van der Waals surface area contributed by atoms with Crippen molar-refractivity contribution in [2.24, 2.45) is 0 Å². The van der Waals surface area contributed by atoms with E-state index >= 15 is 0 Å². The van der Waals surface area contributed by atoms with Crippen LogP contribution in [0.1, 0.15) is 0 Å². The molecule has 0 bridgehead atoms. The second kappa shape index (κ2) is 14.4. The second-order valence-corrected chi connectivity index (χ2v) is 14.1. The lowest BCUT2D eigenvalue weighted by atomic mass is 9.91. The van der Waals surface area contributed by atoms with Crippen molar-refractivity contribution in [1.82, 2.24) is 0 Å². The lowest BCUT2D eigenvalue weighted by Gasteiger charge is -2.30. The van der Waals surface area contributed by atoms with Crippen molar-refractivity contribution in [3.63, 3.8) is 0 Å². The number of benzene rings is 9. The number of furan rings is 1. The Labute approximate surface area is 327 Å². The standard InChI is InChI=1S/C54H37NO/c1-4-14-38(15-5-1)40-26-28-41(29-27-40)42-30-33-46(34-31-42)55(47-21-12-20-44(36-47)39-16-6-2-7-17-39)51-24-13-23-48(43-18-8-3-9-19-43)54(51)45-32-35-50-49-22-10-11-25-52(49)56-53(50)37-45/h1-37H. The summed E-state index contributed by atoms with van der Waals surface area (Å²) in [5.74, 6) is 0. The van der Waals surface area contributed by atoms with Crippen LogP contribution in [0.25, 0.3) is 77.6 Å². The molecular formula is C54H37NO. The van der Waals surface area contributed by atoms with Gasteiger partial charge >= 0.3 is 0 Å². The summed E-state index contributed by atoms with van der Waals surface area (Å²) >= 11 is 0. The van der Waals surface area contributed by atoms with E-state index in [4.69, 9.17) is 4.42 Å². The van der Waals surface area contributed by atoms with Gasteiger partial charge in [0.2, 0.25) is 0 Å². The van der Waals surface area contributed by atoms with Gasteiger partial charge in [-0.2, -0.15) is 0 Å². The SMILES string of the molecule is c1ccc(-c2ccc(-c3ccc(N(c4cccc(-c5ccccc5)c4)c4cccc(-c5ccccc5)c4-c4ccc5c(c4)oc4ccccc45)cc3)cc2)cc1. The van der Waals surface area contributed by atoms with E-state index in [1.807, 2.05) is 12.1 Å². The van der Waals surface area contributed by atoms with Gasteiger partial charge in [0, 0.05) is 27.7 Å². The summed E-state index contributed by atoms with van der Waals surface area (Å²) in [4.78, 5) is 2.40. The molecule has 2 heteroatoms. The van der Waals surface area contributed by atoms with Crippen molar-refractivity contribution in [1.29, 1.82) is 0 Å². The van der Waals surface area contributed by atoms with Gasteiger partial charge in [-0.05, 0) is 98.6 Å². The van der Waals surface area contributed by atoms with Crippen molar-refractivity contribution in [2.45, 2.75) is 0 Å². The molecule has 0 aliphatic heterocycles. The number of anilines is 3. The Morgan fingerprint density at radius 2 is 0.786 bits per heavy atom. The van der Waals surface area contributed by atoms with E-state index in [1.165, 1.54) is 27.8 Å². The molecule has 0 atom stereocenters. The molecule has 9 aromatic carbocycles. The Hall–Kier alpha value is -7.42. The molecule has 1 aromatic heterocycles. The molecule has 2 nitrogen and oxygen atoms in total. The Balaban J connectivity index is 1.15. The first-order valence-corrected chi connectivity index (χ1v) is 19.1. The highest BCUT2D eigenvalue weighted by Gasteiger charge is 2.22. The molecule has 10 aromatic rings. The fraction of sp³-hybridized carbons (Fsp3) is 0. The maximum Gasteiger partial charge on any atom is 0.136 e. The first-order valence-electron chi connectivity index (χ1n) is 19.1. The Morgan fingerprint density at radius 3 is 1.46 bits per heavy atom. The second-order valence-electron chi connectivity index (χ2n) is 14.1. The summed E-state index contributed by atoms with van der Waals surface area (Å²) in [6.07, 6.45) is 0. The monoisotopic (exact) mass is 715 g/mol. The first kappa shape index (κ1) is 33.2. The highest BCUT2D eigenvalue weighted by molar-refractivity contribution is 6.07. The first-order chi connectivity index (χ1) is 27.8. The molecule has 0 spiro atoms. The van der Waals surface area contributed by atoms with Crippen molar-refractivity contribution >= 4 is 39.0 Å². The summed E-state index contributed by atoms with van der Waals surface area (Å²) in [7, 11) is 0. The zero-order valence-corrected chi connectivity index (χ0v) is 30.7. The molecule has 10 rings (SSSR count). The van der Waals surface area contributed by atoms with Gasteiger partial charge < -0.3 is 9.32 Å². The predicted octanol–water partition coefficient (Wildman–Crippen LogP) is 15.4. The minimum atomic E-state index is 0.873. The van der Waals surface area contributed by atoms with Crippen molar-refractivity contribution in [3.8, 4) is 55.6 Å². The third-order valence-corrected chi connectivity index (χ3v) is 10.7. The summed E-state index contributed by atoms with van der Waals surface area (Å²) in [5.41, 5.74) is 16.6. The predicted molar refractivity (Wildman–Crippen MR) is 236 cm³/mol. The van der Waals surface area contributed by atoms with Gasteiger partial charge in [-0.25, -0.2) is 0 Å². The van der Waals surface area contributed by atoms with Gasteiger partial charge in [0.25, 0.3) is 0 Å². The minimum absolute atomic E-state index is 0.873. The highest BCUT2D eigenvalue weighted by Crippen LogP contribution is 2.47. The molecule has 0 aliphatic carbocycles. The van der Waals surface area contributed by atoms with E-state index in [9.17, 15) is 0 Å². The largest absolute Gasteiger partial charge is 0.456 e. The van der Waals surface area contributed by atoms with Crippen LogP contribution in [0.4, 0.5) is 17.1 Å². The zero-order valence-electron chi connectivity index (χ0n) is 30.7. The van der Waals surface area contributed by atoms with E-state index in [0.29, 0.717) is 0 Å². The molecule has 1 heterocycles. The minimum Gasteiger partial charge on any atom is -0.456 e. The van der Waals surface area contributed by atoms with Crippen LogP contribution in [0.5, 0.6) is 0 Å². The molecule has 264 valence electrons. The smallest absolute Gasteiger partial charge is 0.136 e. The Bertz CT molecular complexity index is 2930. The van der Waals surface area contributed by atoms with E-state index in [0.717, 1.165) is 66.8 Å². The van der Waals surface area contributed by atoms with Crippen molar-refractivity contribution < 1.29 is 4.42 Å². The fourth-order valence-electron chi connectivity index (χ4n) is 7.94. The van der Waals surface area contributed by atoms with Crippen LogP contribution in [-0.4, -0.2) is 0 Å². The maximum absolute atomic E-state index is 6.47. The van der Waals surface area contributed by atoms with Crippen molar-refractivity contribution in [2.75, 3.05) is 4.90 Å². The molecule has 0 amide bonds. The average Bonchev–Trinajstić information content (AvgIpc) is 3.66. The van der Waals surface area contributed by atoms with Gasteiger partial charge in [0.05, 0.1) is 5.69 Å². The molecule has 56 heavy (non-hydrogen) atoms. The zero-order chi connectivity index (χ0) is 37.3.